The van der Waals surface area contributed by atoms with Crippen molar-refractivity contribution < 1.29 is 236 Å². The monoisotopic (exact) mass is 965 g/mol. The molecule has 0 atom stereocenters. The first-order valence-corrected chi connectivity index (χ1v) is 21.5. The fourth-order valence-corrected chi connectivity index (χ4v) is 8.73. The van der Waals surface area contributed by atoms with Crippen LogP contribution in [0.5, 0.6) is 5.75 Å². The average molecular weight is 966 g/mol. The molecule has 0 aliphatic rings. The van der Waals surface area contributed by atoms with Crippen molar-refractivity contribution in [3.63, 3.8) is 0 Å². The molecule has 0 aliphatic heterocycles. The molecule has 2 N–H and O–H groups in total. The molecule has 0 aliphatic carbocycles. The van der Waals surface area contributed by atoms with Crippen LogP contribution in [0.15, 0.2) is 109 Å². The van der Waals surface area contributed by atoms with E-state index in [0.717, 1.165) is 36.4 Å². The summed E-state index contributed by atoms with van der Waals surface area (Å²) in [7, 11) is -26.3. The van der Waals surface area contributed by atoms with E-state index in [1.807, 2.05) is 0 Å². The molecule has 5 rings (SSSR count). The quantitative estimate of drug-likeness (QED) is 0.0507. The number of azo groups is 1. The molecular weight excluding hydrogens is 947 g/mol. The molecule has 0 saturated carbocycles. The second kappa shape index (κ2) is 21.8. The van der Waals surface area contributed by atoms with E-state index >= 15 is 0 Å². The second-order valence-electron chi connectivity index (χ2n) is 10.8. The summed E-state index contributed by atoms with van der Waals surface area (Å²) in [4.78, 5) is 8.68. The fourth-order valence-electron chi connectivity index (χ4n) is 5.10. The first-order valence-electron chi connectivity index (χ1n) is 14.3. The van der Waals surface area contributed by atoms with Crippen molar-refractivity contribution in [1.29, 1.82) is 0 Å². The number of amides is 1. The normalized spacial score (nSPS) is 12.2. The number of aromatic hydroxyl groups is 1. The van der Waals surface area contributed by atoms with Gasteiger partial charge in [0.1, 0.15) is 41.7 Å². The Morgan fingerprint density at radius 3 is 1.84 bits per heavy atom. The summed E-state index contributed by atoms with van der Waals surface area (Å²) in [6.45, 7) is -1.05. The molecule has 58 heavy (non-hydrogen) atoms. The van der Waals surface area contributed by atoms with Gasteiger partial charge in [0, 0.05) is 16.3 Å². The van der Waals surface area contributed by atoms with Crippen LogP contribution in [-0.4, -0.2) is 83.7 Å². The number of fused-ring (bicyclic) bond motifs is 2. The van der Waals surface area contributed by atoms with E-state index in [2.05, 4.69) is 19.7 Å². The number of phenolic OH excluding ortho intramolecular Hbond substituents is 1. The minimum atomic E-state index is -5.74. The standard InChI is InChI=1S/C29H23N3O17S5.2K.2Na/c33-27-25-20(23(51(37,38)39)11-10-21(25)30-29(34)16-4-2-1-3-5-16)15-24(52(40,41)42)26(27)32-31-22-9-6-17-14-18(7-8-19(17)28(22)53(43,44)45)50(35,36)13-12-49-54(46,47)48;;;;/h1-11,14-15,33H,12-13H2,(H,30,34)(H,37,38,39)(H,40,41,42)(H,43,44,45)(H,46,47,48);;;;/q;4*+1/p-4. The van der Waals surface area contributed by atoms with Gasteiger partial charge in [0.2, 0.25) is 10.4 Å². The molecule has 0 spiro atoms. The molecule has 1 amide bonds. The zero-order valence-corrected chi connectivity index (χ0v) is 44.7. The van der Waals surface area contributed by atoms with Crippen LogP contribution >= 0.6 is 0 Å². The van der Waals surface area contributed by atoms with Crippen LogP contribution in [0, 0.1) is 0 Å². The minimum Gasteiger partial charge on any atom is -0.744 e. The smallest absolute Gasteiger partial charge is 0.744 e. The van der Waals surface area contributed by atoms with Gasteiger partial charge in [-0.25, -0.2) is 42.1 Å². The maximum atomic E-state index is 13.0. The number of anilines is 1. The zero-order chi connectivity index (χ0) is 40.0. The van der Waals surface area contributed by atoms with Gasteiger partial charge in [-0.15, -0.1) is 10.2 Å². The van der Waals surface area contributed by atoms with Crippen LogP contribution in [0.1, 0.15) is 10.4 Å². The number of carbonyl (C=O) groups excluding carboxylic acids is 1. The fraction of sp³-hybridized carbons (Fsp3) is 0.0690. The molecule has 5 aromatic carbocycles. The summed E-state index contributed by atoms with van der Waals surface area (Å²) >= 11 is 0. The van der Waals surface area contributed by atoms with E-state index < -0.39 is 127 Å². The number of phenols is 1. The van der Waals surface area contributed by atoms with E-state index in [-0.39, 0.29) is 173 Å². The maximum absolute atomic E-state index is 13.0. The van der Waals surface area contributed by atoms with Crippen molar-refractivity contribution in [2.75, 3.05) is 17.7 Å². The largest absolute Gasteiger partial charge is 1.00 e. The van der Waals surface area contributed by atoms with E-state index in [9.17, 15) is 70.2 Å². The van der Waals surface area contributed by atoms with Gasteiger partial charge in [0.05, 0.1) is 43.0 Å². The van der Waals surface area contributed by atoms with Gasteiger partial charge < -0.3 is 28.6 Å². The molecule has 0 fully saturated rings. The van der Waals surface area contributed by atoms with Crippen molar-refractivity contribution >= 4 is 95.1 Å². The van der Waals surface area contributed by atoms with Crippen LogP contribution in [-0.2, 0) is 54.8 Å². The van der Waals surface area contributed by atoms with Gasteiger partial charge in [-0.05, 0) is 53.9 Å². The summed E-state index contributed by atoms with van der Waals surface area (Å²) in [5.41, 5.74) is -2.45. The Morgan fingerprint density at radius 1 is 0.690 bits per heavy atom. The maximum Gasteiger partial charge on any atom is 1.00 e. The SMILES string of the molecule is O=C(Nc1ccc(S(=O)(=O)[O-])c2cc(S(=O)(=O)[O-])c(N=Nc3ccc4cc(S(=O)(=O)CCOS(=O)(=O)[O-])ccc4c3S(=O)(=O)[O-])c(O)c12)c1ccccc1.[K+].[K+].[Na+].[Na+]. The van der Waals surface area contributed by atoms with Crippen LogP contribution in [0.2, 0.25) is 0 Å². The molecule has 0 saturated heterocycles. The number of sulfone groups is 1. The van der Waals surface area contributed by atoms with Gasteiger partial charge in [-0.1, -0.05) is 30.3 Å². The number of nitrogens with zero attached hydrogens (tertiary/aromatic N) is 2. The van der Waals surface area contributed by atoms with Crippen molar-refractivity contribution in [3.8, 4) is 5.75 Å². The molecule has 29 heteroatoms. The molecule has 0 aromatic heterocycles. The number of rotatable bonds is 12. The molecule has 0 radical (unpaired) electrons. The molecular formula is C29H19K2N3Na2O17S5. The Morgan fingerprint density at radius 2 is 1.29 bits per heavy atom. The third-order valence-electron chi connectivity index (χ3n) is 7.37. The van der Waals surface area contributed by atoms with E-state index in [1.165, 1.54) is 24.3 Å². The van der Waals surface area contributed by atoms with Gasteiger partial charge in [-0.3, -0.25) is 8.98 Å². The Bertz CT molecular complexity index is 3000. The van der Waals surface area contributed by atoms with E-state index in [0.29, 0.717) is 12.1 Å². The molecule has 5 aromatic rings. The average Bonchev–Trinajstić information content (AvgIpc) is 3.05. The van der Waals surface area contributed by atoms with Gasteiger partial charge in [-0.2, -0.15) is 0 Å². The van der Waals surface area contributed by atoms with Crippen molar-refractivity contribution in [2.24, 2.45) is 10.2 Å². The third kappa shape index (κ3) is 13.7. The molecule has 286 valence electrons. The zero-order valence-electron chi connectivity index (χ0n) is 30.3. The molecule has 0 heterocycles. The Labute approximate surface area is 460 Å². The third-order valence-corrected chi connectivity index (χ3v) is 12.2. The summed E-state index contributed by atoms with van der Waals surface area (Å²) in [6, 6.07) is 13.6. The van der Waals surface area contributed by atoms with Gasteiger partial charge in [0.15, 0.2) is 15.6 Å². The van der Waals surface area contributed by atoms with Crippen molar-refractivity contribution in [2.45, 2.75) is 19.6 Å². The Balaban J connectivity index is 0.00000420. The van der Waals surface area contributed by atoms with Gasteiger partial charge >= 0.3 is 162 Å². The first kappa shape index (κ1) is 56.3. The predicted molar refractivity (Wildman–Crippen MR) is 180 cm³/mol. The van der Waals surface area contributed by atoms with Crippen LogP contribution in [0.3, 0.4) is 0 Å². The number of nitrogens with one attached hydrogen (secondary N) is 1. The summed E-state index contributed by atoms with van der Waals surface area (Å²) in [5.74, 6) is -3.17. The number of benzene rings is 5. The molecule has 0 unspecified atom stereocenters. The minimum absolute atomic E-state index is 0. The topological polar surface area (TPSA) is 346 Å². The van der Waals surface area contributed by atoms with Crippen LogP contribution in [0.25, 0.3) is 21.5 Å². The second-order valence-corrected chi connectivity index (χ2v) is 18.0. The van der Waals surface area contributed by atoms with Gasteiger partial charge in [0.25, 0.3) is 5.91 Å². The summed E-state index contributed by atoms with van der Waals surface area (Å²) in [6.07, 6.45) is 0. The molecule has 0 bridgehead atoms. The van der Waals surface area contributed by atoms with Crippen molar-refractivity contribution in [3.05, 3.63) is 84.4 Å². The Hall–Kier alpha value is 0.313. The first-order chi connectivity index (χ1) is 24.9. The van der Waals surface area contributed by atoms with E-state index in [4.69, 9.17) is 0 Å². The Kier molecular flexibility index (Phi) is 21.2. The predicted octanol–water partition coefficient (Wildman–Crippen LogP) is -9.65. The summed E-state index contributed by atoms with van der Waals surface area (Å²) < 4.78 is 172. The molecule has 20 nitrogen and oxygen atoms in total. The van der Waals surface area contributed by atoms with Crippen molar-refractivity contribution in [1.82, 2.24) is 0 Å². The van der Waals surface area contributed by atoms with Crippen LogP contribution < -0.4 is 167 Å². The number of hydrogen-bond acceptors (Lipinski definition) is 19. The number of carbonyl (C=O) groups is 1. The van der Waals surface area contributed by atoms with Crippen LogP contribution in [0.4, 0.5) is 17.1 Å². The number of hydrogen-bond donors (Lipinski definition) is 2. The van der Waals surface area contributed by atoms with E-state index in [1.54, 1.807) is 6.07 Å². The summed E-state index contributed by atoms with van der Waals surface area (Å²) in [5, 5.41) is 18.5.